The molecule has 1 atom stereocenters. The highest BCUT2D eigenvalue weighted by Crippen LogP contribution is 2.46. The molecule has 0 amide bonds. The summed E-state index contributed by atoms with van der Waals surface area (Å²) < 4.78 is 63.0. The zero-order valence-corrected chi connectivity index (χ0v) is 18.6. The number of aromatic amines is 1. The van der Waals surface area contributed by atoms with Crippen LogP contribution in [-0.2, 0) is 17.5 Å². The van der Waals surface area contributed by atoms with Crippen molar-refractivity contribution in [2.24, 2.45) is 0 Å². The Kier molecular flexibility index (Phi) is 6.39. The van der Waals surface area contributed by atoms with Gasteiger partial charge in [0.2, 0.25) is 0 Å². The van der Waals surface area contributed by atoms with Crippen LogP contribution < -0.4 is 11.2 Å². The molecule has 0 saturated carbocycles. The number of hydrogen-bond donors (Lipinski definition) is 1. The molecule has 1 aliphatic rings. The van der Waals surface area contributed by atoms with Crippen molar-refractivity contribution in [1.29, 1.82) is 0 Å². The van der Waals surface area contributed by atoms with Gasteiger partial charge in [0.1, 0.15) is 5.82 Å². The van der Waals surface area contributed by atoms with E-state index in [9.17, 15) is 27.2 Å². The van der Waals surface area contributed by atoms with Crippen molar-refractivity contribution in [1.82, 2.24) is 14.5 Å². The number of hydrogen-bond acceptors (Lipinski definition) is 5. The monoisotopic (exact) mass is 483 g/mol. The highest BCUT2D eigenvalue weighted by atomic mass is 32.2. The summed E-state index contributed by atoms with van der Waals surface area (Å²) in [5.41, 5.74) is -2.56. The lowest BCUT2D eigenvalue weighted by Crippen LogP contribution is -2.35. The Hall–Kier alpha value is -2.63. The van der Waals surface area contributed by atoms with Crippen molar-refractivity contribution >= 4 is 22.7 Å². The number of alkyl halides is 3. The molecule has 0 saturated heterocycles. The van der Waals surface area contributed by atoms with Crippen molar-refractivity contribution in [3.63, 3.8) is 0 Å². The summed E-state index contributed by atoms with van der Waals surface area (Å²) >= 11 is 1.10. The molecule has 2 heterocycles. The fourth-order valence-corrected chi connectivity index (χ4v) is 5.08. The Balaban J connectivity index is 1.97. The maximum atomic E-state index is 14.1. The predicted molar refractivity (Wildman–Crippen MR) is 118 cm³/mol. The first-order valence-corrected chi connectivity index (χ1v) is 11.1. The first-order valence-electron chi connectivity index (χ1n) is 10.1. The van der Waals surface area contributed by atoms with Crippen LogP contribution in [-0.4, -0.2) is 53.6 Å². The van der Waals surface area contributed by atoms with Crippen LogP contribution in [0.1, 0.15) is 5.56 Å². The lowest BCUT2D eigenvalue weighted by Gasteiger charge is -2.19. The summed E-state index contributed by atoms with van der Waals surface area (Å²) in [7, 11) is 3.76. The molecular weight excluding hydrogens is 462 g/mol. The number of likely N-dealkylation sites (N-methyl/N-ethyl adjacent to an activating group) is 1. The minimum absolute atomic E-state index is 0.0771. The second-order valence-electron chi connectivity index (χ2n) is 8.01. The zero-order chi connectivity index (χ0) is 23.9. The summed E-state index contributed by atoms with van der Waals surface area (Å²) in [6, 6.07) is 5.43. The summed E-state index contributed by atoms with van der Waals surface area (Å²) in [5, 5.41) is -0.232. The number of halogens is 4. The third kappa shape index (κ3) is 4.71. The molecule has 0 radical (unpaired) electrons. The van der Waals surface area contributed by atoms with E-state index < -0.39 is 34.9 Å². The van der Waals surface area contributed by atoms with Crippen LogP contribution in [0.15, 0.2) is 44.8 Å². The molecule has 1 aromatic heterocycles. The molecule has 33 heavy (non-hydrogen) atoms. The van der Waals surface area contributed by atoms with Crippen LogP contribution in [0.25, 0.3) is 22.0 Å². The molecule has 1 aliphatic heterocycles. The molecule has 6 nitrogen and oxygen atoms in total. The van der Waals surface area contributed by atoms with E-state index in [2.05, 4.69) is 4.98 Å². The Morgan fingerprint density at radius 3 is 2.55 bits per heavy atom. The number of benzene rings is 2. The van der Waals surface area contributed by atoms with Crippen molar-refractivity contribution < 1.29 is 22.3 Å². The van der Waals surface area contributed by atoms with Gasteiger partial charge in [-0.3, -0.25) is 14.3 Å². The quantitative estimate of drug-likeness (QED) is 0.562. The molecule has 0 fully saturated rings. The summed E-state index contributed by atoms with van der Waals surface area (Å²) in [5.74, 6) is -0.317. The fraction of sp³-hybridized carbons (Fsp3) is 0.364. The van der Waals surface area contributed by atoms with Gasteiger partial charge >= 0.3 is 11.9 Å². The number of thioether (sulfide) groups is 1. The van der Waals surface area contributed by atoms with Crippen LogP contribution in [0.5, 0.6) is 0 Å². The molecule has 0 unspecified atom stereocenters. The molecule has 176 valence electrons. The summed E-state index contributed by atoms with van der Waals surface area (Å²) in [6.07, 6.45) is -5.25. The molecule has 4 rings (SSSR count). The van der Waals surface area contributed by atoms with Crippen molar-refractivity contribution in [2.75, 3.05) is 33.0 Å². The van der Waals surface area contributed by atoms with E-state index in [4.69, 9.17) is 4.74 Å². The second-order valence-corrected chi connectivity index (χ2v) is 9.04. The summed E-state index contributed by atoms with van der Waals surface area (Å²) in [6.45, 7) is 1.07. The minimum atomic E-state index is -4.78. The smallest absolute Gasteiger partial charge is 0.374 e. The molecule has 0 bridgehead atoms. The Bertz CT molecular complexity index is 1300. The largest absolute Gasteiger partial charge is 0.417 e. The topological polar surface area (TPSA) is 67.3 Å². The van der Waals surface area contributed by atoms with Gasteiger partial charge in [-0.1, -0.05) is 12.1 Å². The third-order valence-corrected chi connectivity index (χ3v) is 6.59. The van der Waals surface area contributed by atoms with Crippen LogP contribution in [0.2, 0.25) is 0 Å². The van der Waals surface area contributed by atoms with Crippen LogP contribution in [0, 0.1) is 5.82 Å². The SMILES string of the molecule is CN(C)CCO[C@@H]1CSc2c(-c3ccc(F)cc3)c(C(F)(F)F)cc3c(=O)[nH]c(=O)n(c23)C1. The number of nitrogens with zero attached hydrogens (tertiary/aromatic N) is 2. The van der Waals surface area contributed by atoms with Crippen molar-refractivity contribution in [3.05, 3.63) is 62.6 Å². The van der Waals surface area contributed by atoms with Gasteiger partial charge in [0, 0.05) is 22.8 Å². The fourth-order valence-electron chi connectivity index (χ4n) is 3.80. The van der Waals surface area contributed by atoms with Gasteiger partial charge < -0.3 is 9.64 Å². The average molecular weight is 483 g/mol. The first kappa shape index (κ1) is 23.5. The molecule has 2 aromatic carbocycles. The lowest BCUT2D eigenvalue weighted by atomic mass is 9.96. The van der Waals surface area contributed by atoms with Crippen molar-refractivity contribution in [3.8, 4) is 11.1 Å². The maximum Gasteiger partial charge on any atom is 0.417 e. The van der Waals surface area contributed by atoms with Gasteiger partial charge in [-0.15, -0.1) is 11.8 Å². The van der Waals surface area contributed by atoms with E-state index in [-0.39, 0.29) is 39.2 Å². The van der Waals surface area contributed by atoms with Crippen LogP contribution in [0.4, 0.5) is 17.6 Å². The molecular formula is C22H21F4N3O3S. The number of rotatable bonds is 5. The van der Waals surface area contributed by atoms with Gasteiger partial charge in [-0.2, -0.15) is 13.2 Å². The van der Waals surface area contributed by atoms with E-state index in [1.54, 1.807) is 0 Å². The number of ether oxygens (including phenoxy) is 1. The third-order valence-electron chi connectivity index (χ3n) is 5.37. The molecule has 1 N–H and O–H groups in total. The number of aromatic nitrogens is 2. The Morgan fingerprint density at radius 2 is 1.91 bits per heavy atom. The standard InChI is InChI=1S/C22H21F4N3O3S/c1-28(2)7-8-32-14-10-29-18-15(20(30)27-21(29)31)9-16(22(24,25)26)17(19(18)33-11-14)12-3-5-13(23)6-4-12/h3-6,9,14H,7-8,10-11H2,1-2H3,(H,27,30,31)/t14-/m0/s1. The van der Waals surface area contributed by atoms with Crippen LogP contribution >= 0.6 is 11.8 Å². The molecule has 3 aromatic rings. The van der Waals surface area contributed by atoms with Gasteiger partial charge in [-0.25, -0.2) is 9.18 Å². The number of H-pyrrole nitrogens is 1. The first-order chi connectivity index (χ1) is 15.6. The molecule has 11 heteroatoms. The van der Waals surface area contributed by atoms with Gasteiger partial charge in [0.05, 0.1) is 35.7 Å². The molecule has 0 aliphatic carbocycles. The number of nitrogens with one attached hydrogen (secondary N) is 1. The van der Waals surface area contributed by atoms with Crippen molar-refractivity contribution in [2.45, 2.75) is 23.7 Å². The van der Waals surface area contributed by atoms with E-state index in [1.807, 2.05) is 19.0 Å². The predicted octanol–water partition coefficient (Wildman–Crippen LogP) is 3.57. The van der Waals surface area contributed by atoms with E-state index in [0.29, 0.717) is 13.2 Å². The summed E-state index contributed by atoms with van der Waals surface area (Å²) in [4.78, 5) is 29.4. The van der Waals surface area contributed by atoms with Gasteiger partial charge in [0.15, 0.2) is 0 Å². The normalized spacial score (nSPS) is 16.4. The maximum absolute atomic E-state index is 14.1. The van der Waals surface area contributed by atoms with Crippen LogP contribution in [0.3, 0.4) is 0 Å². The van der Waals surface area contributed by atoms with E-state index >= 15 is 0 Å². The molecule has 0 spiro atoms. The average Bonchev–Trinajstić information content (AvgIpc) is 2.92. The highest BCUT2D eigenvalue weighted by Gasteiger charge is 2.38. The van der Waals surface area contributed by atoms with Gasteiger partial charge in [0.25, 0.3) is 5.56 Å². The van der Waals surface area contributed by atoms with E-state index in [0.717, 1.165) is 30.0 Å². The second kappa shape index (κ2) is 8.96. The van der Waals surface area contributed by atoms with Gasteiger partial charge in [-0.05, 0) is 37.9 Å². The highest BCUT2D eigenvalue weighted by molar-refractivity contribution is 7.99. The minimum Gasteiger partial charge on any atom is -0.374 e. The van der Waals surface area contributed by atoms with E-state index in [1.165, 1.54) is 16.7 Å². The zero-order valence-electron chi connectivity index (χ0n) is 17.8. The lowest BCUT2D eigenvalue weighted by molar-refractivity contribution is -0.137. The Morgan fingerprint density at radius 1 is 1.21 bits per heavy atom. The Labute approximate surface area is 190 Å².